The topological polar surface area (TPSA) is 71.4 Å². The Morgan fingerprint density at radius 1 is 1.09 bits per heavy atom. The molecule has 1 heterocycles. The molecule has 0 bridgehead atoms. The van der Waals surface area contributed by atoms with Crippen molar-refractivity contribution in [3.8, 4) is 11.5 Å². The summed E-state index contributed by atoms with van der Waals surface area (Å²) in [5.41, 5.74) is 2.03. The minimum absolute atomic E-state index is 0.0983. The van der Waals surface area contributed by atoms with Crippen molar-refractivity contribution in [2.45, 2.75) is 39.7 Å². The molecule has 0 N–H and O–H groups in total. The number of hydrogen-bond donors (Lipinski definition) is 0. The normalized spacial score (nSPS) is 15.7. The number of hydrazone groups is 1. The number of carbonyl (C=O) groups excluding carboxylic acids is 2. The molecule has 1 aliphatic rings. The second-order valence-corrected chi connectivity index (χ2v) is 9.61. The van der Waals surface area contributed by atoms with Crippen molar-refractivity contribution in [3.63, 3.8) is 0 Å². The lowest BCUT2D eigenvalue weighted by atomic mass is 9.92. The predicted molar refractivity (Wildman–Crippen MR) is 128 cm³/mol. The van der Waals surface area contributed by atoms with Crippen LogP contribution in [0.25, 0.3) is 0 Å². The van der Waals surface area contributed by atoms with Crippen molar-refractivity contribution in [3.05, 3.63) is 59.4 Å². The molecule has 8 heteroatoms. The Kier molecular flexibility index (Phi) is 7.59. The Bertz CT molecular complexity index is 1080. The third kappa shape index (κ3) is 5.92. The molecule has 0 radical (unpaired) electrons. The maximum Gasteiger partial charge on any atom is 0.262 e. The molecule has 0 aromatic heterocycles. The average molecular weight is 470 g/mol. The zero-order valence-electron chi connectivity index (χ0n) is 20.6. The summed E-state index contributed by atoms with van der Waals surface area (Å²) in [5.74, 6) is 0.368. The van der Waals surface area contributed by atoms with Crippen molar-refractivity contribution < 1.29 is 23.5 Å². The van der Waals surface area contributed by atoms with E-state index in [2.05, 4.69) is 5.10 Å². The highest BCUT2D eigenvalue weighted by Gasteiger charge is 2.34. The lowest BCUT2D eigenvalue weighted by molar-refractivity contribution is -0.141. The van der Waals surface area contributed by atoms with Gasteiger partial charge in [0, 0.05) is 19.9 Å². The number of likely N-dealkylation sites (N-methyl/N-ethyl adjacent to an activating group) is 1. The summed E-state index contributed by atoms with van der Waals surface area (Å²) in [6, 6.07) is 11.1. The van der Waals surface area contributed by atoms with E-state index in [-0.39, 0.29) is 29.6 Å². The van der Waals surface area contributed by atoms with Crippen LogP contribution >= 0.6 is 0 Å². The lowest BCUT2D eigenvalue weighted by Gasteiger charge is -2.27. The van der Waals surface area contributed by atoms with Gasteiger partial charge in [0.2, 0.25) is 5.91 Å². The standard InChI is InChI=1S/C26H32FN3O4/c1-26(2,3)15-24(31)29(4)16-25(32)30-21(18-9-12-22(33-5)23(13-18)34-6)14-20(28-30)17-7-10-19(27)11-8-17/h7-13,21H,14-16H2,1-6H3/t21-/m0/s1. The van der Waals surface area contributed by atoms with Crippen LogP contribution in [0.1, 0.15) is 50.8 Å². The molecule has 2 aromatic carbocycles. The minimum Gasteiger partial charge on any atom is -0.493 e. The monoisotopic (exact) mass is 469 g/mol. The molecule has 1 atom stereocenters. The summed E-state index contributed by atoms with van der Waals surface area (Å²) < 4.78 is 24.2. The third-order valence-corrected chi connectivity index (χ3v) is 5.62. The first-order valence-corrected chi connectivity index (χ1v) is 11.1. The number of halogens is 1. The van der Waals surface area contributed by atoms with Crippen LogP contribution in [0.4, 0.5) is 4.39 Å². The van der Waals surface area contributed by atoms with Crippen LogP contribution in [0.5, 0.6) is 11.5 Å². The molecular formula is C26H32FN3O4. The van der Waals surface area contributed by atoms with E-state index in [0.29, 0.717) is 30.1 Å². The van der Waals surface area contributed by atoms with Crippen molar-refractivity contribution in [1.82, 2.24) is 9.91 Å². The lowest BCUT2D eigenvalue weighted by Crippen LogP contribution is -2.40. The Hall–Kier alpha value is -3.42. The number of nitrogens with zero attached hydrogens (tertiary/aromatic N) is 3. The van der Waals surface area contributed by atoms with Gasteiger partial charge in [0.05, 0.1) is 26.0 Å². The molecular weight excluding hydrogens is 437 g/mol. The van der Waals surface area contributed by atoms with E-state index < -0.39 is 6.04 Å². The second-order valence-electron chi connectivity index (χ2n) is 9.61. The summed E-state index contributed by atoms with van der Waals surface area (Å²) in [5, 5.41) is 6.02. The van der Waals surface area contributed by atoms with Crippen LogP contribution in [0.3, 0.4) is 0 Å². The summed E-state index contributed by atoms with van der Waals surface area (Å²) in [6.45, 7) is 5.84. The summed E-state index contributed by atoms with van der Waals surface area (Å²) in [4.78, 5) is 27.3. The Morgan fingerprint density at radius 2 is 1.74 bits per heavy atom. The molecule has 0 aliphatic carbocycles. The number of rotatable bonds is 7. The molecule has 7 nitrogen and oxygen atoms in total. The van der Waals surface area contributed by atoms with E-state index in [1.165, 1.54) is 22.0 Å². The molecule has 1 aliphatic heterocycles. The van der Waals surface area contributed by atoms with Crippen LogP contribution in [-0.4, -0.2) is 55.2 Å². The first kappa shape index (κ1) is 25.2. The second kappa shape index (κ2) is 10.2. The molecule has 0 fully saturated rings. The van der Waals surface area contributed by atoms with Crippen LogP contribution in [0.15, 0.2) is 47.6 Å². The molecule has 3 rings (SSSR count). The van der Waals surface area contributed by atoms with Crippen LogP contribution in [0.2, 0.25) is 0 Å². The van der Waals surface area contributed by atoms with Crippen LogP contribution in [0, 0.1) is 11.2 Å². The van der Waals surface area contributed by atoms with Crippen molar-refractivity contribution in [1.29, 1.82) is 0 Å². The summed E-state index contributed by atoms with van der Waals surface area (Å²) >= 11 is 0. The Labute approximate surface area is 200 Å². The van der Waals surface area contributed by atoms with E-state index >= 15 is 0 Å². The zero-order chi connectivity index (χ0) is 25.0. The molecule has 0 saturated heterocycles. The van der Waals surface area contributed by atoms with Gasteiger partial charge in [-0.25, -0.2) is 9.40 Å². The van der Waals surface area contributed by atoms with Gasteiger partial charge in [-0.2, -0.15) is 5.10 Å². The van der Waals surface area contributed by atoms with Gasteiger partial charge in [-0.1, -0.05) is 39.0 Å². The first-order valence-electron chi connectivity index (χ1n) is 11.1. The molecule has 2 aromatic rings. The van der Waals surface area contributed by atoms with E-state index in [4.69, 9.17) is 9.47 Å². The number of benzene rings is 2. The fourth-order valence-electron chi connectivity index (χ4n) is 3.83. The van der Waals surface area contributed by atoms with Gasteiger partial charge in [-0.3, -0.25) is 9.59 Å². The average Bonchev–Trinajstić information content (AvgIpc) is 3.23. The smallest absolute Gasteiger partial charge is 0.262 e. The van der Waals surface area contributed by atoms with Gasteiger partial charge in [0.15, 0.2) is 11.5 Å². The summed E-state index contributed by atoms with van der Waals surface area (Å²) in [6.07, 6.45) is 0.770. The van der Waals surface area contributed by atoms with Crippen molar-refractivity contribution in [2.24, 2.45) is 10.5 Å². The fourth-order valence-corrected chi connectivity index (χ4v) is 3.83. The number of hydrogen-bond acceptors (Lipinski definition) is 5. The van der Waals surface area contributed by atoms with Crippen molar-refractivity contribution in [2.75, 3.05) is 27.8 Å². The molecule has 0 saturated carbocycles. The number of methoxy groups -OCH3 is 2. The van der Waals surface area contributed by atoms with Crippen LogP contribution in [-0.2, 0) is 9.59 Å². The highest BCUT2D eigenvalue weighted by Crippen LogP contribution is 2.37. The van der Waals surface area contributed by atoms with E-state index in [1.54, 1.807) is 39.5 Å². The molecule has 0 unspecified atom stereocenters. The predicted octanol–water partition coefficient (Wildman–Crippen LogP) is 4.42. The molecule has 182 valence electrons. The van der Waals surface area contributed by atoms with E-state index in [9.17, 15) is 14.0 Å². The first-order chi connectivity index (χ1) is 16.0. The van der Waals surface area contributed by atoms with Gasteiger partial charge < -0.3 is 14.4 Å². The fraction of sp³-hybridized carbons (Fsp3) is 0.423. The Balaban J connectivity index is 1.90. The van der Waals surface area contributed by atoms with Gasteiger partial charge in [-0.15, -0.1) is 0 Å². The van der Waals surface area contributed by atoms with Gasteiger partial charge in [0.25, 0.3) is 5.91 Å². The zero-order valence-corrected chi connectivity index (χ0v) is 20.6. The number of carbonyl (C=O) groups is 2. The maximum atomic E-state index is 13.4. The van der Waals surface area contributed by atoms with Gasteiger partial charge in [-0.05, 0) is 40.8 Å². The van der Waals surface area contributed by atoms with E-state index in [1.807, 2.05) is 32.9 Å². The van der Waals surface area contributed by atoms with Gasteiger partial charge in [0.1, 0.15) is 12.4 Å². The highest BCUT2D eigenvalue weighted by atomic mass is 19.1. The third-order valence-electron chi connectivity index (χ3n) is 5.62. The van der Waals surface area contributed by atoms with Crippen molar-refractivity contribution >= 4 is 17.5 Å². The minimum atomic E-state index is -0.404. The SMILES string of the molecule is COc1ccc([C@@H]2CC(c3ccc(F)cc3)=NN2C(=O)CN(C)C(=O)CC(C)(C)C)cc1OC. The van der Waals surface area contributed by atoms with E-state index in [0.717, 1.165) is 11.1 Å². The summed E-state index contributed by atoms with van der Waals surface area (Å²) in [7, 11) is 4.73. The molecule has 2 amide bonds. The molecule has 0 spiro atoms. The highest BCUT2D eigenvalue weighted by molar-refractivity contribution is 6.03. The molecule has 34 heavy (non-hydrogen) atoms. The van der Waals surface area contributed by atoms with Gasteiger partial charge >= 0.3 is 0 Å². The maximum absolute atomic E-state index is 13.4. The van der Waals surface area contributed by atoms with Crippen LogP contribution < -0.4 is 9.47 Å². The number of ether oxygens (including phenoxy) is 2. The quantitative estimate of drug-likeness (QED) is 0.602. The Morgan fingerprint density at radius 3 is 2.32 bits per heavy atom. The largest absolute Gasteiger partial charge is 0.493 e. The number of amides is 2.